The summed E-state index contributed by atoms with van der Waals surface area (Å²) in [5, 5.41) is 3.19. The lowest BCUT2D eigenvalue weighted by atomic mass is 9.84. The van der Waals surface area contributed by atoms with Crippen LogP contribution in [0, 0.1) is 5.92 Å². The Morgan fingerprint density at radius 3 is 2.78 bits per heavy atom. The first-order valence-electron chi connectivity index (χ1n) is 6.58. The van der Waals surface area contributed by atoms with Crippen LogP contribution in [0.1, 0.15) is 27.4 Å². The maximum Gasteiger partial charge on any atom is 0.261 e. The normalized spacial score (nSPS) is 30.4. The molecule has 0 aliphatic carbocycles. The number of hydrogen-bond acceptors (Lipinski definition) is 4. The van der Waals surface area contributed by atoms with E-state index in [1.807, 2.05) is 12.1 Å². The lowest BCUT2D eigenvalue weighted by molar-refractivity contribution is 0.0622. The maximum absolute atomic E-state index is 12.2. The van der Waals surface area contributed by atoms with Crippen molar-refractivity contribution in [3.05, 3.63) is 21.9 Å². The van der Waals surface area contributed by atoms with Crippen LogP contribution in [-0.4, -0.2) is 36.5 Å². The van der Waals surface area contributed by atoms with Crippen LogP contribution in [0.4, 0.5) is 0 Å². The maximum atomic E-state index is 12.2. The summed E-state index contributed by atoms with van der Waals surface area (Å²) < 4.78 is 0. The molecule has 0 radical (unpaired) electrons. The summed E-state index contributed by atoms with van der Waals surface area (Å²) in [6, 6.07) is 4.16. The molecular formula is C13H19N3OS. The van der Waals surface area contributed by atoms with E-state index >= 15 is 0 Å². The van der Waals surface area contributed by atoms with E-state index in [1.165, 1.54) is 37.3 Å². The number of fused-ring (bicyclic) bond motifs is 3. The predicted molar refractivity (Wildman–Crippen MR) is 72.6 cm³/mol. The third kappa shape index (κ3) is 2.30. The highest BCUT2D eigenvalue weighted by atomic mass is 32.1. The molecule has 1 amide bonds. The first-order valence-corrected chi connectivity index (χ1v) is 7.40. The molecule has 1 atom stereocenters. The van der Waals surface area contributed by atoms with Crippen molar-refractivity contribution in [3.8, 4) is 0 Å². The highest BCUT2D eigenvalue weighted by Crippen LogP contribution is 2.28. The molecule has 3 fully saturated rings. The van der Waals surface area contributed by atoms with Gasteiger partial charge in [0.05, 0.1) is 4.88 Å². The van der Waals surface area contributed by atoms with E-state index in [2.05, 4.69) is 10.2 Å². The van der Waals surface area contributed by atoms with Crippen LogP contribution in [0.25, 0.3) is 0 Å². The second-order valence-corrected chi connectivity index (χ2v) is 6.36. The summed E-state index contributed by atoms with van der Waals surface area (Å²) in [5.41, 5.74) is 5.57. The van der Waals surface area contributed by atoms with Crippen LogP contribution in [-0.2, 0) is 6.54 Å². The average Bonchev–Trinajstić information content (AvgIpc) is 2.89. The summed E-state index contributed by atoms with van der Waals surface area (Å²) in [7, 11) is 0. The fraction of sp³-hybridized carbons (Fsp3) is 0.615. The van der Waals surface area contributed by atoms with Crippen molar-refractivity contribution in [2.24, 2.45) is 11.7 Å². The second-order valence-electron chi connectivity index (χ2n) is 5.19. The van der Waals surface area contributed by atoms with E-state index < -0.39 is 0 Å². The number of carbonyl (C=O) groups excluding carboxylic acids is 1. The summed E-state index contributed by atoms with van der Waals surface area (Å²) in [6.07, 6.45) is 2.45. The fourth-order valence-corrected chi connectivity index (χ4v) is 3.77. The van der Waals surface area contributed by atoms with Gasteiger partial charge in [0, 0.05) is 24.0 Å². The highest BCUT2D eigenvalue weighted by molar-refractivity contribution is 7.14. The van der Waals surface area contributed by atoms with Gasteiger partial charge in [0.15, 0.2) is 0 Å². The lowest BCUT2D eigenvalue weighted by Gasteiger charge is -2.44. The van der Waals surface area contributed by atoms with Crippen molar-refractivity contribution in [1.82, 2.24) is 10.2 Å². The molecule has 1 aromatic heterocycles. The van der Waals surface area contributed by atoms with Crippen molar-refractivity contribution in [1.29, 1.82) is 0 Å². The van der Waals surface area contributed by atoms with Gasteiger partial charge in [0.25, 0.3) is 5.91 Å². The van der Waals surface area contributed by atoms with Crippen LogP contribution >= 0.6 is 11.3 Å². The number of thiophene rings is 1. The minimum Gasteiger partial charge on any atom is -0.347 e. The van der Waals surface area contributed by atoms with Crippen LogP contribution in [0.5, 0.6) is 0 Å². The van der Waals surface area contributed by atoms with Crippen molar-refractivity contribution in [2.45, 2.75) is 25.4 Å². The van der Waals surface area contributed by atoms with Crippen molar-refractivity contribution in [3.63, 3.8) is 0 Å². The largest absolute Gasteiger partial charge is 0.347 e. The topological polar surface area (TPSA) is 58.4 Å². The molecule has 3 aliphatic heterocycles. The molecular weight excluding hydrogens is 246 g/mol. The zero-order valence-electron chi connectivity index (χ0n) is 10.4. The Morgan fingerprint density at radius 1 is 1.44 bits per heavy atom. The van der Waals surface area contributed by atoms with E-state index in [1.54, 1.807) is 0 Å². The number of rotatable bonds is 3. The molecule has 1 unspecified atom stereocenters. The van der Waals surface area contributed by atoms with Gasteiger partial charge < -0.3 is 16.0 Å². The van der Waals surface area contributed by atoms with Gasteiger partial charge in [-0.1, -0.05) is 0 Å². The Labute approximate surface area is 111 Å². The van der Waals surface area contributed by atoms with Crippen LogP contribution in [0.2, 0.25) is 0 Å². The molecule has 98 valence electrons. The molecule has 2 bridgehead atoms. The third-order valence-electron chi connectivity index (χ3n) is 4.06. The van der Waals surface area contributed by atoms with Gasteiger partial charge in [-0.2, -0.15) is 0 Å². The minimum atomic E-state index is 0.0680. The van der Waals surface area contributed by atoms with Crippen LogP contribution in [0.3, 0.4) is 0 Å². The molecule has 3 saturated heterocycles. The third-order valence-corrected chi connectivity index (χ3v) is 5.17. The predicted octanol–water partition coefficient (Wildman–Crippen LogP) is 1.03. The quantitative estimate of drug-likeness (QED) is 0.858. The molecule has 0 spiro atoms. The Bertz CT molecular complexity index is 437. The number of piperidine rings is 3. The zero-order chi connectivity index (χ0) is 12.5. The standard InChI is InChI=1S/C13H19N3OS/c14-7-10-1-2-12(18-10)13(17)15-11-8-16-5-3-9(11)4-6-16/h1-2,9,11H,3-8,14H2,(H,15,17). The SMILES string of the molecule is NCc1ccc(C(=O)NC2CN3CCC2CC3)s1. The van der Waals surface area contributed by atoms with Crippen molar-refractivity contribution < 1.29 is 4.79 Å². The molecule has 4 nitrogen and oxygen atoms in total. The molecule has 4 rings (SSSR count). The summed E-state index contributed by atoms with van der Waals surface area (Å²) in [4.78, 5) is 16.5. The Morgan fingerprint density at radius 2 is 2.22 bits per heavy atom. The smallest absolute Gasteiger partial charge is 0.261 e. The molecule has 3 aliphatic rings. The average molecular weight is 265 g/mol. The molecule has 3 N–H and O–H groups in total. The molecule has 18 heavy (non-hydrogen) atoms. The second kappa shape index (κ2) is 4.99. The molecule has 1 aromatic rings. The van der Waals surface area contributed by atoms with Gasteiger partial charge >= 0.3 is 0 Å². The lowest BCUT2D eigenvalue weighted by Crippen LogP contribution is -2.57. The molecule has 5 heteroatoms. The zero-order valence-corrected chi connectivity index (χ0v) is 11.2. The van der Waals surface area contributed by atoms with E-state index in [0.29, 0.717) is 18.5 Å². The van der Waals surface area contributed by atoms with Gasteiger partial charge in [0.1, 0.15) is 0 Å². The van der Waals surface area contributed by atoms with Gasteiger partial charge in [-0.15, -0.1) is 11.3 Å². The van der Waals surface area contributed by atoms with Gasteiger partial charge in [0.2, 0.25) is 0 Å². The number of nitrogens with two attached hydrogens (primary N) is 1. The Balaban J connectivity index is 1.64. The van der Waals surface area contributed by atoms with E-state index in [9.17, 15) is 4.79 Å². The first kappa shape index (κ1) is 12.1. The summed E-state index contributed by atoms with van der Waals surface area (Å²) in [5.74, 6) is 0.742. The summed E-state index contributed by atoms with van der Waals surface area (Å²) >= 11 is 1.50. The van der Waals surface area contributed by atoms with Crippen LogP contribution < -0.4 is 11.1 Å². The number of carbonyl (C=O) groups is 1. The molecule has 4 heterocycles. The monoisotopic (exact) mass is 265 g/mol. The Hall–Kier alpha value is -0.910. The van der Waals surface area contributed by atoms with Crippen LogP contribution in [0.15, 0.2) is 12.1 Å². The number of hydrogen-bond donors (Lipinski definition) is 2. The van der Waals surface area contributed by atoms with E-state index in [0.717, 1.165) is 16.3 Å². The van der Waals surface area contributed by atoms with E-state index in [-0.39, 0.29) is 5.91 Å². The van der Waals surface area contributed by atoms with Gasteiger partial charge in [-0.25, -0.2) is 0 Å². The van der Waals surface area contributed by atoms with Gasteiger partial charge in [-0.05, 0) is 44.0 Å². The number of amides is 1. The highest BCUT2D eigenvalue weighted by Gasteiger charge is 2.35. The first-order chi connectivity index (χ1) is 8.76. The van der Waals surface area contributed by atoms with E-state index in [4.69, 9.17) is 5.73 Å². The number of nitrogens with one attached hydrogen (secondary N) is 1. The van der Waals surface area contributed by atoms with Gasteiger partial charge in [-0.3, -0.25) is 4.79 Å². The Kier molecular flexibility index (Phi) is 3.37. The number of nitrogens with zero attached hydrogens (tertiary/aromatic N) is 1. The summed E-state index contributed by atoms with van der Waals surface area (Å²) in [6.45, 7) is 3.93. The minimum absolute atomic E-state index is 0.0680. The van der Waals surface area contributed by atoms with Crippen molar-refractivity contribution >= 4 is 17.2 Å². The van der Waals surface area contributed by atoms with Crippen molar-refractivity contribution in [2.75, 3.05) is 19.6 Å². The fourth-order valence-electron chi connectivity index (χ4n) is 2.98. The molecule has 0 saturated carbocycles. The molecule has 0 aromatic carbocycles.